The van der Waals surface area contributed by atoms with Crippen LogP contribution in [0.15, 0.2) is 48.7 Å². The fourth-order valence-electron chi connectivity index (χ4n) is 2.05. The second kappa shape index (κ2) is 4.20. The van der Waals surface area contributed by atoms with E-state index in [0.717, 1.165) is 0 Å². The Morgan fingerprint density at radius 1 is 1.16 bits per heavy atom. The molecule has 0 amide bonds. The molecule has 1 N–H and O–H groups in total. The number of imidazole rings is 1. The highest BCUT2D eigenvalue weighted by Crippen LogP contribution is 2.23. The van der Waals surface area contributed by atoms with E-state index in [0.29, 0.717) is 5.52 Å². The smallest absolute Gasteiger partial charge is 0.352 e. The van der Waals surface area contributed by atoms with Gasteiger partial charge in [-0.2, -0.15) is 0 Å². The van der Waals surface area contributed by atoms with Gasteiger partial charge in [-0.15, -0.1) is 0 Å². The van der Waals surface area contributed by atoms with Crippen molar-refractivity contribution in [2.75, 3.05) is 0 Å². The van der Waals surface area contributed by atoms with Crippen LogP contribution in [0.5, 0.6) is 0 Å². The maximum Gasteiger partial charge on any atom is 0.352 e. The Balaban J connectivity index is 2.37. The number of hydrogen-bond acceptors (Lipinski definition) is 2. The molecule has 0 bridgehead atoms. The van der Waals surface area contributed by atoms with Crippen molar-refractivity contribution in [3.05, 3.63) is 60.2 Å². The summed E-state index contributed by atoms with van der Waals surface area (Å²) in [5.41, 5.74) is 0.933. The minimum Gasteiger partial charge on any atom is -0.477 e. The summed E-state index contributed by atoms with van der Waals surface area (Å²) in [6, 6.07) is 11.0. The number of nitrogens with zero attached hydrogens (tertiary/aromatic N) is 2. The van der Waals surface area contributed by atoms with Gasteiger partial charge in [0.2, 0.25) is 0 Å². The molecule has 3 aromatic rings. The van der Waals surface area contributed by atoms with Crippen molar-refractivity contribution < 1.29 is 14.3 Å². The van der Waals surface area contributed by atoms with E-state index >= 15 is 0 Å². The maximum absolute atomic E-state index is 13.8. The molecule has 0 aliphatic carbocycles. The van der Waals surface area contributed by atoms with Gasteiger partial charge < -0.3 is 5.11 Å². The van der Waals surface area contributed by atoms with Crippen molar-refractivity contribution in [3.63, 3.8) is 0 Å². The van der Waals surface area contributed by atoms with E-state index in [1.165, 1.54) is 22.7 Å². The first-order valence-electron chi connectivity index (χ1n) is 5.63. The third kappa shape index (κ3) is 1.76. The van der Waals surface area contributed by atoms with Crippen LogP contribution in [0.2, 0.25) is 0 Å². The zero-order valence-electron chi connectivity index (χ0n) is 9.75. The van der Waals surface area contributed by atoms with Crippen LogP contribution in [0.25, 0.3) is 16.9 Å². The molecule has 19 heavy (non-hydrogen) atoms. The molecule has 0 saturated heterocycles. The van der Waals surface area contributed by atoms with Gasteiger partial charge in [-0.25, -0.2) is 14.2 Å². The zero-order valence-corrected chi connectivity index (χ0v) is 9.75. The quantitative estimate of drug-likeness (QED) is 0.767. The van der Waals surface area contributed by atoms with Gasteiger partial charge in [0.15, 0.2) is 0 Å². The predicted octanol–water partition coefficient (Wildman–Crippen LogP) is 2.84. The lowest BCUT2D eigenvalue weighted by atomic mass is 10.2. The minimum absolute atomic E-state index is 0.0493. The molecule has 5 heteroatoms. The monoisotopic (exact) mass is 256 g/mol. The lowest BCUT2D eigenvalue weighted by molar-refractivity contribution is 0.0689. The summed E-state index contributed by atoms with van der Waals surface area (Å²) < 4.78 is 15.2. The number of hydrogen-bond donors (Lipinski definition) is 1. The van der Waals surface area contributed by atoms with Crippen molar-refractivity contribution in [2.45, 2.75) is 0 Å². The van der Waals surface area contributed by atoms with E-state index in [2.05, 4.69) is 4.98 Å². The minimum atomic E-state index is -1.08. The van der Waals surface area contributed by atoms with E-state index < -0.39 is 11.8 Å². The summed E-state index contributed by atoms with van der Waals surface area (Å²) in [6.45, 7) is 0. The second-order valence-corrected chi connectivity index (χ2v) is 4.04. The van der Waals surface area contributed by atoms with Crippen LogP contribution in [0, 0.1) is 5.82 Å². The number of carboxylic acid groups (broad SMARTS) is 1. The number of fused-ring (bicyclic) bond motifs is 1. The Kier molecular flexibility index (Phi) is 2.52. The zero-order chi connectivity index (χ0) is 13.4. The molecule has 0 aliphatic heterocycles. The van der Waals surface area contributed by atoms with Crippen molar-refractivity contribution in [1.29, 1.82) is 0 Å². The molecular weight excluding hydrogens is 247 g/mol. The molecule has 0 spiro atoms. The van der Waals surface area contributed by atoms with Gasteiger partial charge in [0, 0.05) is 0 Å². The third-order valence-electron chi connectivity index (χ3n) is 2.88. The molecule has 0 unspecified atom stereocenters. The van der Waals surface area contributed by atoms with Crippen molar-refractivity contribution in [2.24, 2.45) is 0 Å². The van der Waals surface area contributed by atoms with Crippen LogP contribution >= 0.6 is 0 Å². The topological polar surface area (TPSA) is 54.6 Å². The normalized spacial score (nSPS) is 10.8. The SMILES string of the molecule is O=C(O)c1cccc2cnc(-c3ccccc3F)n12. The molecule has 2 aromatic heterocycles. The fraction of sp³-hybridized carbons (Fsp3) is 0. The van der Waals surface area contributed by atoms with Crippen molar-refractivity contribution in [3.8, 4) is 11.4 Å². The van der Waals surface area contributed by atoms with Gasteiger partial charge in [-0.1, -0.05) is 18.2 Å². The molecule has 2 heterocycles. The van der Waals surface area contributed by atoms with Crippen LogP contribution in [0.1, 0.15) is 10.5 Å². The number of halogens is 1. The third-order valence-corrected chi connectivity index (χ3v) is 2.88. The lowest BCUT2D eigenvalue weighted by Gasteiger charge is -2.06. The molecule has 4 nitrogen and oxygen atoms in total. The standard InChI is InChI=1S/C14H9FN2O2/c15-11-6-2-1-5-10(11)13-16-8-9-4-3-7-12(14(18)19)17(9)13/h1-8H,(H,18,19). The average Bonchev–Trinajstić information content (AvgIpc) is 2.82. The first-order chi connectivity index (χ1) is 9.18. The van der Waals surface area contributed by atoms with Gasteiger partial charge in [-0.3, -0.25) is 4.40 Å². The van der Waals surface area contributed by atoms with Crippen LogP contribution in [0.3, 0.4) is 0 Å². The van der Waals surface area contributed by atoms with Gasteiger partial charge in [0.25, 0.3) is 0 Å². The second-order valence-electron chi connectivity index (χ2n) is 4.04. The Bertz CT molecular complexity index is 780. The summed E-state index contributed by atoms with van der Waals surface area (Å²) in [6.07, 6.45) is 1.52. The summed E-state index contributed by atoms with van der Waals surface area (Å²) in [5, 5.41) is 9.20. The highest BCUT2D eigenvalue weighted by atomic mass is 19.1. The number of aromatic nitrogens is 2. The number of pyridine rings is 1. The summed E-state index contributed by atoms with van der Waals surface area (Å²) in [7, 11) is 0. The first-order valence-corrected chi connectivity index (χ1v) is 5.63. The summed E-state index contributed by atoms with van der Waals surface area (Å²) in [5.74, 6) is -1.23. The van der Waals surface area contributed by atoms with Crippen LogP contribution < -0.4 is 0 Å². The van der Waals surface area contributed by atoms with Crippen LogP contribution in [-0.2, 0) is 0 Å². The maximum atomic E-state index is 13.8. The summed E-state index contributed by atoms with van der Waals surface area (Å²) in [4.78, 5) is 15.4. The Hall–Kier alpha value is -2.69. The number of carbonyl (C=O) groups is 1. The van der Waals surface area contributed by atoms with Crippen LogP contribution in [-0.4, -0.2) is 20.5 Å². The Morgan fingerprint density at radius 2 is 1.95 bits per heavy atom. The fourth-order valence-corrected chi connectivity index (χ4v) is 2.05. The number of rotatable bonds is 2. The molecular formula is C14H9FN2O2. The largest absolute Gasteiger partial charge is 0.477 e. The van der Waals surface area contributed by atoms with Crippen molar-refractivity contribution >= 4 is 11.5 Å². The first kappa shape index (κ1) is 11.4. The molecule has 0 radical (unpaired) electrons. The Labute approximate surface area is 107 Å². The molecule has 0 fully saturated rings. The van der Waals surface area contributed by atoms with Gasteiger partial charge >= 0.3 is 5.97 Å². The highest BCUT2D eigenvalue weighted by molar-refractivity contribution is 5.87. The van der Waals surface area contributed by atoms with E-state index in [-0.39, 0.29) is 17.1 Å². The molecule has 1 aromatic carbocycles. The summed E-state index contributed by atoms with van der Waals surface area (Å²) >= 11 is 0. The predicted molar refractivity (Wildman–Crippen MR) is 67.5 cm³/mol. The van der Waals surface area contributed by atoms with Gasteiger partial charge in [0.05, 0.1) is 17.3 Å². The highest BCUT2D eigenvalue weighted by Gasteiger charge is 2.15. The molecule has 0 saturated carbocycles. The van der Waals surface area contributed by atoms with E-state index in [1.807, 2.05) is 0 Å². The number of aromatic carboxylic acids is 1. The lowest BCUT2D eigenvalue weighted by Crippen LogP contribution is -2.06. The average molecular weight is 256 g/mol. The van der Waals surface area contributed by atoms with E-state index in [4.69, 9.17) is 0 Å². The van der Waals surface area contributed by atoms with E-state index in [9.17, 15) is 14.3 Å². The van der Waals surface area contributed by atoms with E-state index in [1.54, 1.807) is 30.3 Å². The molecule has 0 atom stereocenters. The van der Waals surface area contributed by atoms with Crippen molar-refractivity contribution in [1.82, 2.24) is 9.38 Å². The van der Waals surface area contributed by atoms with Gasteiger partial charge in [0.1, 0.15) is 17.3 Å². The number of carboxylic acids is 1. The van der Waals surface area contributed by atoms with Gasteiger partial charge in [-0.05, 0) is 24.3 Å². The van der Waals surface area contributed by atoms with Crippen LogP contribution in [0.4, 0.5) is 4.39 Å². The number of benzene rings is 1. The Morgan fingerprint density at radius 3 is 2.68 bits per heavy atom. The molecule has 3 rings (SSSR count). The molecule has 94 valence electrons. The molecule has 0 aliphatic rings.